The molecule has 0 aliphatic rings. The van der Waals surface area contributed by atoms with Crippen LogP contribution in [0.3, 0.4) is 0 Å². The van der Waals surface area contributed by atoms with Crippen LogP contribution in [-0.4, -0.2) is 26.4 Å². The zero-order valence-electron chi connectivity index (χ0n) is 12.3. The zero-order chi connectivity index (χ0) is 15.8. The molecule has 0 spiro atoms. The topological polar surface area (TPSA) is 83.6 Å². The molecule has 114 valence electrons. The summed E-state index contributed by atoms with van der Waals surface area (Å²) in [7, 11) is 0. The van der Waals surface area contributed by atoms with E-state index in [1.54, 1.807) is 28.8 Å². The number of carbonyl (C=O) groups is 1. The Labute approximate surface area is 133 Å². The number of pyridine rings is 1. The minimum absolute atomic E-state index is 0.0721. The highest BCUT2D eigenvalue weighted by Crippen LogP contribution is 2.14. The van der Waals surface area contributed by atoms with Crippen molar-refractivity contribution in [3.8, 4) is 6.07 Å². The van der Waals surface area contributed by atoms with E-state index in [0.29, 0.717) is 24.5 Å². The van der Waals surface area contributed by atoms with Gasteiger partial charge in [-0.05, 0) is 24.6 Å². The minimum Gasteiger partial charge on any atom is -0.310 e. The Morgan fingerprint density at radius 1 is 1.45 bits per heavy atom. The molecular formula is C15H17N5OS. The number of aryl methyl sites for hydroxylation is 2. The fraction of sp³-hybridized carbons (Fsp3) is 0.333. The van der Waals surface area contributed by atoms with Crippen LogP contribution in [0.2, 0.25) is 0 Å². The normalized spacial score (nSPS) is 10.2. The molecule has 1 amide bonds. The maximum atomic E-state index is 12.0. The Morgan fingerprint density at radius 3 is 2.95 bits per heavy atom. The van der Waals surface area contributed by atoms with Crippen molar-refractivity contribution in [1.82, 2.24) is 14.8 Å². The van der Waals surface area contributed by atoms with Gasteiger partial charge in [0.15, 0.2) is 0 Å². The molecule has 0 atom stereocenters. The van der Waals surface area contributed by atoms with Gasteiger partial charge in [0.2, 0.25) is 5.91 Å². The van der Waals surface area contributed by atoms with E-state index in [1.807, 2.05) is 25.1 Å². The Bertz CT molecular complexity index is 662. The maximum absolute atomic E-state index is 12.0. The molecule has 2 aromatic rings. The van der Waals surface area contributed by atoms with Crippen molar-refractivity contribution in [2.45, 2.75) is 25.6 Å². The predicted octanol–water partition coefficient (Wildman–Crippen LogP) is 2.37. The Kier molecular flexibility index (Phi) is 5.98. The lowest BCUT2D eigenvalue weighted by Crippen LogP contribution is -2.17. The van der Waals surface area contributed by atoms with E-state index < -0.39 is 0 Å². The number of carbonyl (C=O) groups excluding carboxylic acids is 1. The summed E-state index contributed by atoms with van der Waals surface area (Å²) < 4.78 is 1.66. The number of amides is 1. The summed E-state index contributed by atoms with van der Waals surface area (Å²) in [5, 5.41) is 15.8. The number of nitriles is 1. The number of thioether (sulfide) groups is 1. The number of rotatable bonds is 7. The number of anilines is 1. The third-order valence-corrected chi connectivity index (χ3v) is 3.86. The first-order valence-electron chi connectivity index (χ1n) is 6.87. The maximum Gasteiger partial charge on any atom is 0.235 e. The summed E-state index contributed by atoms with van der Waals surface area (Å²) in [5.41, 5.74) is 1.96. The molecule has 2 rings (SSSR count). The molecule has 0 aliphatic heterocycles. The van der Waals surface area contributed by atoms with Gasteiger partial charge in [-0.25, -0.2) is 4.68 Å². The molecule has 2 aromatic heterocycles. The first kappa shape index (κ1) is 16.0. The van der Waals surface area contributed by atoms with E-state index in [9.17, 15) is 4.79 Å². The summed E-state index contributed by atoms with van der Waals surface area (Å²) >= 11 is 1.54. The van der Waals surface area contributed by atoms with Crippen LogP contribution in [0.1, 0.15) is 17.7 Å². The van der Waals surface area contributed by atoms with Crippen molar-refractivity contribution >= 4 is 23.5 Å². The number of hydrogen-bond acceptors (Lipinski definition) is 5. The molecule has 22 heavy (non-hydrogen) atoms. The van der Waals surface area contributed by atoms with Crippen LogP contribution >= 0.6 is 11.8 Å². The zero-order valence-corrected chi connectivity index (χ0v) is 13.1. The monoisotopic (exact) mass is 315 g/mol. The quantitative estimate of drug-likeness (QED) is 0.848. The van der Waals surface area contributed by atoms with Crippen LogP contribution in [0.5, 0.6) is 0 Å². The van der Waals surface area contributed by atoms with Crippen molar-refractivity contribution in [3.05, 3.63) is 41.9 Å². The average Bonchev–Trinajstić information content (AvgIpc) is 2.85. The minimum atomic E-state index is -0.0721. The third-order valence-electron chi connectivity index (χ3n) is 2.86. The van der Waals surface area contributed by atoms with Crippen molar-refractivity contribution < 1.29 is 4.79 Å². The van der Waals surface area contributed by atoms with E-state index >= 15 is 0 Å². The third kappa shape index (κ3) is 4.90. The summed E-state index contributed by atoms with van der Waals surface area (Å²) in [4.78, 5) is 15.9. The van der Waals surface area contributed by atoms with Gasteiger partial charge in [-0.2, -0.15) is 10.4 Å². The van der Waals surface area contributed by atoms with Crippen LogP contribution < -0.4 is 5.32 Å². The van der Waals surface area contributed by atoms with Gasteiger partial charge in [-0.15, -0.1) is 11.8 Å². The fourth-order valence-corrected chi connectivity index (χ4v) is 2.68. The molecule has 0 fully saturated rings. The summed E-state index contributed by atoms with van der Waals surface area (Å²) in [6.45, 7) is 2.33. The highest BCUT2D eigenvalue weighted by molar-refractivity contribution is 7.99. The van der Waals surface area contributed by atoms with Crippen molar-refractivity contribution in [2.24, 2.45) is 0 Å². The summed E-state index contributed by atoms with van der Waals surface area (Å²) in [5.74, 6) is 1.70. The smallest absolute Gasteiger partial charge is 0.235 e. The summed E-state index contributed by atoms with van der Waals surface area (Å²) in [6, 6.07) is 7.76. The molecule has 2 heterocycles. The van der Waals surface area contributed by atoms with Gasteiger partial charge >= 0.3 is 0 Å². The van der Waals surface area contributed by atoms with Gasteiger partial charge in [0, 0.05) is 24.2 Å². The van der Waals surface area contributed by atoms with E-state index in [0.717, 1.165) is 17.0 Å². The van der Waals surface area contributed by atoms with E-state index in [-0.39, 0.29) is 5.91 Å². The first-order valence-corrected chi connectivity index (χ1v) is 8.02. The van der Waals surface area contributed by atoms with Crippen LogP contribution in [0.4, 0.5) is 5.82 Å². The van der Waals surface area contributed by atoms with Crippen LogP contribution in [0, 0.1) is 18.3 Å². The highest BCUT2D eigenvalue weighted by atomic mass is 32.2. The standard InChI is InChI=1S/C15H17N5OS/c1-12-9-14(20(19-12)8-2-5-16)18-15(21)11-22-10-13-3-6-17-7-4-13/h3-4,6-7,9H,2,8,10-11H2,1H3,(H,18,21). The van der Waals surface area contributed by atoms with Crippen molar-refractivity contribution in [2.75, 3.05) is 11.1 Å². The number of nitrogens with zero attached hydrogens (tertiary/aromatic N) is 4. The van der Waals surface area contributed by atoms with Gasteiger partial charge in [-0.1, -0.05) is 0 Å². The SMILES string of the molecule is Cc1cc(NC(=O)CSCc2ccncc2)n(CCC#N)n1. The van der Waals surface area contributed by atoms with E-state index in [4.69, 9.17) is 5.26 Å². The molecule has 7 heteroatoms. The Hall–Kier alpha value is -2.33. The van der Waals surface area contributed by atoms with Crippen molar-refractivity contribution in [1.29, 1.82) is 5.26 Å². The van der Waals surface area contributed by atoms with Crippen LogP contribution in [0.15, 0.2) is 30.6 Å². The van der Waals surface area contributed by atoms with Gasteiger partial charge in [0.05, 0.1) is 30.5 Å². The average molecular weight is 315 g/mol. The molecule has 0 saturated heterocycles. The fourth-order valence-electron chi connectivity index (χ4n) is 1.89. The van der Waals surface area contributed by atoms with Gasteiger partial charge in [0.1, 0.15) is 5.82 Å². The first-order chi connectivity index (χ1) is 10.7. The molecular weight excluding hydrogens is 298 g/mol. The number of nitrogens with one attached hydrogen (secondary N) is 1. The second-order valence-corrected chi connectivity index (χ2v) is 5.68. The van der Waals surface area contributed by atoms with Gasteiger partial charge in [-0.3, -0.25) is 9.78 Å². The molecule has 0 aliphatic carbocycles. The largest absolute Gasteiger partial charge is 0.310 e. The van der Waals surface area contributed by atoms with Gasteiger partial charge < -0.3 is 5.32 Å². The Balaban J connectivity index is 1.83. The predicted molar refractivity (Wildman–Crippen MR) is 86.2 cm³/mol. The number of aromatic nitrogens is 3. The van der Waals surface area contributed by atoms with Crippen LogP contribution in [-0.2, 0) is 17.1 Å². The van der Waals surface area contributed by atoms with E-state index in [1.165, 1.54) is 0 Å². The molecule has 0 aromatic carbocycles. The lowest BCUT2D eigenvalue weighted by atomic mass is 10.3. The van der Waals surface area contributed by atoms with Crippen molar-refractivity contribution in [3.63, 3.8) is 0 Å². The van der Waals surface area contributed by atoms with Gasteiger partial charge in [0.25, 0.3) is 0 Å². The second-order valence-electron chi connectivity index (χ2n) is 4.70. The Morgan fingerprint density at radius 2 is 2.23 bits per heavy atom. The second kappa shape index (κ2) is 8.20. The lowest BCUT2D eigenvalue weighted by Gasteiger charge is -2.07. The summed E-state index contributed by atoms with van der Waals surface area (Å²) in [6.07, 6.45) is 3.85. The number of hydrogen-bond donors (Lipinski definition) is 1. The molecule has 0 unspecified atom stereocenters. The molecule has 1 N–H and O–H groups in total. The lowest BCUT2D eigenvalue weighted by molar-refractivity contribution is -0.113. The molecule has 0 saturated carbocycles. The highest BCUT2D eigenvalue weighted by Gasteiger charge is 2.09. The molecule has 0 bridgehead atoms. The van der Waals surface area contributed by atoms with Crippen LogP contribution in [0.25, 0.3) is 0 Å². The van der Waals surface area contributed by atoms with E-state index in [2.05, 4.69) is 21.5 Å². The molecule has 6 nitrogen and oxygen atoms in total. The molecule has 0 radical (unpaired) electrons.